The van der Waals surface area contributed by atoms with Crippen LogP contribution in [-0.4, -0.2) is 29.1 Å². The lowest BCUT2D eigenvalue weighted by molar-refractivity contribution is -0.115. The van der Waals surface area contributed by atoms with E-state index < -0.39 is 0 Å². The maximum Gasteiger partial charge on any atom is 0.230 e. The van der Waals surface area contributed by atoms with Gasteiger partial charge in [-0.15, -0.1) is 11.3 Å². The highest BCUT2D eigenvalue weighted by atomic mass is 32.1. The van der Waals surface area contributed by atoms with Gasteiger partial charge in [0.25, 0.3) is 0 Å². The van der Waals surface area contributed by atoms with Crippen LogP contribution in [0.2, 0.25) is 0 Å². The van der Waals surface area contributed by atoms with E-state index in [1.165, 1.54) is 11.3 Å². The minimum absolute atomic E-state index is 0.0574. The molecule has 6 heteroatoms. The number of aryl methyl sites for hydroxylation is 1. The topological polar surface area (TPSA) is 65.5 Å². The number of rotatable bonds is 7. The zero-order chi connectivity index (χ0) is 15.9. The molecule has 0 fully saturated rings. The number of carbonyl (C=O) groups is 1. The highest BCUT2D eigenvalue weighted by Gasteiger charge is 2.17. The summed E-state index contributed by atoms with van der Waals surface area (Å²) in [5.41, 5.74) is 2.88. The van der Waals surface area contributed by atoms with Crippen molar-refractivity contribution >= 4 is 28.1 Å². The molecule has 0 spiro atoms. The average molecular weight is 319 g/mol. The van der Waals surface area contributed by atoms with Crippen molar-refractivity contribution in [2.24, 2.45) is 0 Å². The molecule has 0 radical (unpaired) electrons. The summed E-state index contributed by atoms with van der Waals surface area (Å²) in [5, 5.41) is 14.6. The number of aliphatic hydroxyl groups excluding tert-OH is 1. The molecular formula is C16H21N3O2S. The molecule has 2 aromatic rings. The third-order valence-electron chi connectivity index (χ3n) is 3.16. The fourth-order valence-corrected chi connectivity index (χ4v) is 2.91. The van der Waals surface area contributed by atoms with Crippen molar-refractivity contribution in [1.29, 1.82) is 0 Å². The number of nitrogens with zero attached hydrogens (tertiary/aromatic N) is 2. The first-order valence-electron chi connectivity index (χ1n) is 7.25. The van der Waals surface area contributed by atoms with E-state index in [9.17, 15) is 4.79 Å². The van der Waals surface area contributed by atoms with Crippen molar-refractivity contribution in [3.63, 3.8) is 0 Å². The summed E-state index contributed by atoms with van der Waals surface area (Å²) in [6.07, 6.45) is 0.722. The summed E-state index contributed by atoms with van der Waals surface area (Å²) < 4.78 is 0. The van der Waals surface area contributed by atoms with Gasteiger partial charge in [-0.2, -0.15) is 0 Å². The number of thiazole rings is 1. The number of carbonyl (C=O) groups excluding carboxylic acids is 1. The molecule has 0 atom stereocenters. The lowest BCUT2D eigenvalue weighted by atomic mass is 10.2. The van der Waals surface area contributed by atoms with Crippen LogP contribution < -0.4 is 10.2 Å². The Hall–Kier alpha value is -1.76. The third kappa shape index (κ3) is 4.37. The lowest BCUT2D eigenvalue weighted by Gasteiger charge is -2.18. The molecule has 0 saturated heterocycles. The van der Waals surface area contributed by atoms with Crippen molar-refractivity contribution < 1.29 is 9.90 Å². The standard InChI is InChI=1S/C16H21N3O2S/c1-12-4-6-15(7-5-12)19(13(2)21)16-18-14(11-22-16)10-17-8-3-9-20/h4-7,11,17,20H,3,8-10H2,1-2H3. The largest absolute Gasteiger partial charge is 0.396 e. The van der Waals surface area contributed by atoms with Crippen molar-refractivity contribution in [1.82, 2.24) is 10.3 Å². The summed E-state index contributed by atoms with van der Waals surface area (Å²) in [7, 11) is 0. The number of hydrogen-bond donors (Lipinski definition) is 2. The van der Waals surface area contributed by atoms with Crippen molar-refractivity contribution in [3.8, 4) is 0 Å². The van der Waals surface area contributed by atoms with Crippen LogP contribution in [0.25, 0.3) is 0 Å². The smallest absolute Gasteiger partial charge is 0.230 e. The fourth-order valence-electron chi connectivity index (χ4n) is 2.02. The number of aromatic nitrogens is 1. The van der Waals surface area contributed by atoms with Gasteiger partial charge in [0.15, 0.2) is 5.13 Å². The maximum atomic E-state index is 12.0. The molecule has 0 aliphatic heterocycles. The molecule has 1 heterocycles. The number of anilines is 2. The van der Waals surface area contributed by atoms with Crippen molar-refractivity contribution in [2.75, 3.05) is 18.1 Å². The van der Waals surface area contributed by atoms with Gasteiger partial charge in [0.05, 0.1) is 11.4 Å². The van der Waals surface area contributed by atoms with E-state index in [0.29, 0.717) is 11.7 Å². The first kappa shape index (κ1) is 16.6. The summed E-state index contributed by atoms with van der Waals surface area (Å²) in [5.74, 6) is -0.0574. The van der Waals surface area contributed by atoms with Crippen LogP contribution >= 0.6 is 11.3 Å². The van der Waals surface area contributed by atoms with Crippen molar-refractivity contribution in [2.45, 2.75) is 26.8 Å². The number of amides is 1. The fraction of sp³-hybridized carbons (Fsp3) is 0.375. The molecule has 2 N–H and O–H groups in total. The summed E-state index contributed by atoms with van der Waals surface area (Å²) in [6, 6.07) is 7.82. The SMILES string of the molecule is CC(=O)N(c1ccc(C)cc1)c1nc(CNCCCO)cs1. The second kappa shape index (κ2) is 8.03. The van der Waals surface area contributed by atoms with Gasteiger partial charge in [0.2, 0.25) is 5.91 Å². The van der Waals surface area contributed by atoms with E-state index >= 15 is 0 Å². The molecule has 2 rings (SSSR count). The highest BCUT2D eigenvalue weighted by Crippen LogP contribution is 2.29. The predicted molar refractivity (Wildman–Crippen MR) is 89.5 cm³/mol. The molecule has 0 saturated carbocycles. The first-order chi connectivity index (χ1) is 10.6. The second-order valence-corrected chi connectivity index (χ2v) is 5.90. The van der Waals surface area contributed by atoms with Crippen molar-refractivity contribution in [3.05, 3.63) is 40.9 Å². The number of aliphatic hydroxyl groups is 1. The Morgan fingerprint density at radius 1 is 1.36 bits per heavy atom. The van der Waals surface area contributed by atoms with Crippen LogP contribution in [0.1, 0.15) is 24.6 Å². The van der Waals surface area contributed by atoms with Gasteiger partial charge in [0, 0.05) is 25.5 Å². The average Bonchev–Trinajstić information content (AvgIpc) is 2.94. The van der Waals surface area contributed by atoms with Gasteiger partial charge in [0.1, 0.15) is 0 Å². The minimum Gasteiger partial charge on any atom is -0.396 e. The van der Waals surface area contributed by atoms with Gasteiger partial charge < -0.3 is 10.4 Å². The Labute approximate surface area is 134 Å². The molecule has 0 aliphatic carbocycles. The lowest BCUT2D eigenvalue weighted by Crippen LogP contribution is -2.22. The molecule has 118 valence electrons. The van der Waals surface area contributed by atoms with E-state index in [0.717, 1.165) is 29.9 Å². The quantitative estimate of drug-likeness (QED) is 0.770. The Morgan fingerprint density at radius 2 is 2.09 bits per heavy atom. The van der Waals surface area contributed by atoms with E-state index in [1.54, 1.807) is 11.8 Å². The third-order valence-corrected chi connectivity index (χ3v) is 4.03. The molecule has 0 bridgehead atoms. The van der Waals surface area contributed by atoms with Crippen LogP contribution in [0.15, 0.2) is 29.6 Å². The number of nitrogens with one attached hydrogen (secondary N) is 1. The van der Waals surface area contributed by atoms with Gasteiger partial charge in [-0.25, -0.2) is 4.98 Å². The second-order valence-electron chi connectivity index (χ2n) is 5.07. The molecule has 0 unspecified atom stereocenters. The van der Waals surface area contributed by atoms with E-state index in [1.807, 2.05) is 36.6 Å². The molecule has 1 aromatic carbocycles. The van der Waals surface area contributed by atoms with Crippen LogP contribution in [0.3, 0.4) is 0 Å². The van der Waals surface area contributed by atoms with Crippen LogP contribution in [-0.2, 0) is 11.3 Å². The maximum absolute atomic E-state index is 12.0. The van der Waals surface area contributed by atoms with Crippen LogP contribution in [0, 0.1) is 6.92 Å². The molecule has 1 amide bonds. The predicted octanol–water partition coefficient (Wildman–Crippen LogP) is 2.61. The molecule has 5 nitrogen and oxygen atoms in total. The van der Waals surface area contributed by atoms with E-state index in [-0.39, 0.29) is 12.5 Å². The van der Waals surface area contributed by atoms with Gasteiger partial charge in [-0.05, 0) is 32.0 Å². The highest BCUT2D eigenvalue weighted by molar-refractivity contribution is 7.14. The minimum atomic E-state index is -0.0574. The summed E-state index contributed by atoms with van der Waals surface area (Å²) in [6.45, 7) is 5.12. The summed E-state index contributed by atoms with van der Waals surface area (Å²) in [4.78, 5) is 18.1. The monoisotopic (exact) mass is 319 g/mol. The van der Waals surface area contributed by atoms with Crippen LogP contribution in [0.4, 0.5) is 10.8 Å². The molecule has 1 aromatic heterocycles. The zero-order valence-electron chi connectivity index (χ0n) is 12.9. The van der Waals surface area contributed by atoms with E-state index in [2.05, 4.69) is 10.3 Å². The summed E-state index contributed by atoms with van der Waals surface area (Å²) >= 11 is 1.45. The molecule has 22 heavy (non-hydrogen) atoms. The van der Waals surface area contributed by atoms with Gasteiger partial charge in [-0.3, -0.25) is 9.69 Å². The Bertz CT molecular complexity index is 610. The number of hydrogen-bond acceptors (Lipinski definition) is 5. The normalized spacial score (nSPS) is 10.7. The zero-order valence-corrected chi connectivity index (χ0v) is 13.7. The molecule has 0 aliphatic rings. The first-order valence-corrected chi connectivity index (χ1v) is 8.13. The Balaban J connectivity index is 2.11. The number of benzene rings is 1. The van der Waals surface area contributed by atoms with Gasteiger partial charge in [-0.1, -0.05) is 17.7 Å². The Morgan fingerprint density at radius 3 is 2.73 bits per heavy atom. The molecular weight excluding hydrogens is 298 g/mol. The van der Waals surface area contributed by atoms with Crippen LogP contribution in [0.5, 0.6) is 0 Å². The van der Waals surface area contributed by atoms with E-state index in [4.69, 9.17) is 5.11 Å². The Kier molecular flexibility index (Phi) is 6.06. The van der Waals surface area contributed by atoms with Gasteiger partial charge >= 0.3 is 0 Å².